The van der Waals surface area contributed by atoms with E-state index in [2.05, 4.69) is 16.8 Å². The summed E-state index contributed by atoms with van der Waals surface area (Å²) in [4.78, 5) is 28.6. The molecule has 0 rings (SSSR count). The fourth-order valence-electron chi connectivity index (χ4n) is 2.61. The molecule has 154 valence electrons. The van der Waals surface area contributed by atoms with Crippen molar-refractivity contribution in [3.05, 3.63) is 12.2 Å². The quantitative estimate of drug-likeness (QED) is 0.181. The lowest BCUT2D eigenvalue weighted by Crippen LogP contribution is -2.44. The molecule has 4 N–H and O–H groups in total. The van der Waals surface area contributed by atoms with Crippen molar-refractivity contribution in [3.63, 3.8) is 0 Å². The topological polar surface area (TPSA) is 116 Å². The first kappa shape index (κ1) is 25.3. The maximum Gasteiger partial charge on any atom is 0.469 e. The van der Waals surface area contributed by atoms with Crippen molar-refractivity contribution in [2.45, 2.75) is 90.2 Å². The number of hydrogen-bond donors (Lipinski definition) is 4. The lowest BCUT2D eigenvalue weighted by molar-refractivity contribution is -0.120. The molecule has 7 nitrogen and oxygen atoms in total. The van der Waals surface area contributed by atoms with Crippen LogP contribution in [0.5, 0.6) is 0 Å². The molecule has 0 aliphatic carbocycles. The maximum absolute atomic E-state index is 11.1. The number of allylic oxidation sites excluding steroid dienone is 1. The molecule has 0 spiro atoms. The number of carbonyl (C=O) groups excluding carboxylic acids is 1. The molecule has 0 radical (unpaired) electrons. The molecule has 26 heavy (non-hydrogen) atoms. The number of amides is 1. The summed E-state index contributed by atoms with van der Waals surface area (Å²) in [5, 5.41) is 12.5. The molecule has 0 aromatic carbocycles. The van der Waals surface area contributed by atoms with Gasteiger partial charge in [0.05, 0.1) is 18.8 Å². The van der Waals surface area contributed by atoms with Gasteiger partial charge in [0.2, 0.25) is 5.91 Å². The highest BCUT2D eigenvalue weighted by atomic mass is 31.2. The number of unbranched alkanes of at least 4 members (excludes halogenated alkanes) is 9. The van der Waals surface area contributed by atoms with E-state index in [1.165, 1.54) is 57.9 Å². The molecule has 2 atom stereocenters. The molecule has 0 bridgehead atoms. The van der Waals surface area contributed by atoms with Crippen LogP contribution >= 0.6 is 7.82 Å². The summed E-state index contributed by atoms with van der Waals surface area (Å²) in [7, 11) is -4.65. The molecule has 1 amide bonds. The molecule has 0 heterocycles. The summed E-state index contributed by atoms with van der Waals surface area (Å²) >= 11 is 0. The number of nitrogens with one attached hydrogen (secondary N) is 1. The SMILES string of the molecule is CCCCCCCCCCC/C=C/[C@@H](O)[C@H](COP(=O)(O)O)NC(C)=O. The maximum atomic E-state index is 11.1. The van der Waals surface area contributed by atoms with Gasteiger partial charge >= 0.3 is 7.82 Å². The second-order valence-electron chi connectivity index (χ2n) is 6.63. The van der Waals surface area contributed by atoms with E-state index in [0.29, 0.717) is 0 Å². The zero-order chi connectivity index (χ0) is 19.8. The van der Waals surface area contributed by atoms with E-state index < -0.39 is 32.5 Å². The molecule has 0 saturated heterocycles. The van der Waals surface area contributed by atoms with Gasteiger partial charge in [0, 0.05) is 6.92 Å². The molecule has 0 aliphatic heterocycles. The van der Waals surface area contributed by atoms with Crippen molar-refractivity contribution in [1.29, 1.82) is 0 Å². The van der Waals surface area contributed by atoms with Crippen LogP contribution in [0, 0.1) is 0 Å². The van der Waals surface area contributed by atoms with Gasteiger partial charge in [-0.2, -0.15) is 0 Å². The number of hydrogen-bond acceptors (Lipinski definition) is 4. The number of phosphoric ester groups is 1. The van der Waals surface area contributed by atoms with Crippen LogP contribution in [0.1, 0.15) is 78.1 Å². The van der Waals surface area contributed by atoms with Gasteiger partial charge < -0.3 is 20.2 Å². The van der Waals surface area contributed by atoms with Gasteiger partial charge in [-0.25, -0.2) is 4.57 Å². The molecule has 8 heteroatoms. The lowest BCUT2D eigenvalue weighted by atomic mass is 10.1. The number of rotatable bonds is 16. The Balaban J connectivity index is 3.95. The van der Waals surface area contributed by atoms with Crippen molar-refractivity contribution in [3.8, 4) is 0 Å². The van der Waals surface area contributed by atoms with E-state index in [0.717, 1.165) is 19.3 Å². The fraction of sp³-hybridized carbons (Fsp3) is 0.833. The Hall–Kier alpha value is -0.720. The first-order valence-electron chi connectivity index (χ1n) is 9.58. The van der Waals surface area contributed by atoms with E-state index >= 15 is 0 Å². The summed E-state index contributed by atoms with van der Waals surface area (Å²) in [6, 6.07) is -0.903. The van der Waals surface area contributed by atoms with Crippen molar-refractivity contribution in [2.75, 3.05) is 6.61 Å². The zero-order valence-electron chi connectivity index (χ0n) is 16.1. The molecule has 0 fully saturated rings. The van der Waals surface area contributed by atoms with Gasteiger partial charge in [0.25, 0.3) is 0 Å². The Kier molecular flexibility index (Phi) is 14.9. The van der Waals surface area contributed by atoms with E-state index in [4.69, 9.17) is 9.79 Å². The molecular formula is C18H36NO6P. The lowest BCUT2D eigenvalue weighted by Gasteiger charge is -2.21. The van der Waals surface area contributed by atoms with Crippen LogP contribution in [0.15, 0.2) is 12.2 Å². The third kappa shape index (κ3) is 16.7. The number of carbonyl (C=O) groups is 1. The Labute approximate surface area is 157 Å². The predicted molar refractivity (Wildman–Crippen MR) is 103 cm³/mol. The highest BCUT2D eigenvalue weighted by molar-refractivity contribution is 7.46. The summed E-state index contributed by atoms with van der Waals surface area (Å²) in [6.45, 7) is 3.02. The largest absolute Gasteiger partial charge is 0.469 e. The van der Waals surface area contributed by atoms with Crippen LogP contribution in [0.4, 0.5) is 0 Å². The van der Waals surface area contributed by atoms with Crippen LogP contribution in [0.25, 0.3) is 0 Å². The smallest absolute Gasteiger partial charge is 0.387 e. The summed E-state index contributed by atoms with van der Waals surface area (Å²) < 4.78 is 15.1. The number of aliphatic hydroxyl groups excluding tert-OH is 1. The minimum Gasteiger partial charge on any atom is -0.387 e. The Morgan fingerprint density at radius 2 is 1.62 bits per heavy atom. The molecule has 0 aromatic rings. The highest BCUT2D eigenvalue weighted by Gasteiger charge is 2.23. The first-order valence-corrected chi connectivity index (χ1v) is 11.1. The van der Waals surface area contributed by atoms with Gasteiger partial charge in [-0.1, -0.05) is 70.4 Å². The standard InChI is InChI=1S/C18H36NO6P/c1-3-4-5-6-7-8-9-10-11-12-13-14-18(21)17(19-16(2)20)15-25-26(22,23)24/h13-14,17-18,21H,3-12,15H2,1-2H3,(H,19,20)(H2,22,23,24)/b14-13+/t17-,18+/m0/s1. The van der Waals surface area contributed by atoms with Crippen LogP contribution in [-0.2, 0) is 13.9 Å². The predicted octanol–water partition coefficient (Wildman–Crippen LogP) is 3.44. The van der Waals surface area contributed by atoms with Crippen LogP contribution in [-0.4, -0.2) is 39.6 Å². The van der Waals surface area contributed by atoms with Crippen molar-refractivity contribution in [1.82, 2.24) is 5.32 Å². The van der Waals surface area contributed by atoms with Gasteiger partial charge in [0.1, 0.15) is 0 Å². The van der Waals surface area contributed by atoms with Gasteiger partial charge in [0.15, 0.2) is 0 Å². The van der Waals surface area contributed by atoms with E-state index in [-0.39, 0.29) is 0 Å². The summed E-state index contributed by atoms with van der Waals surface area (Å²) in [6.07, 6.45) is 14.3. The Bertz CT molecular complexity index is 437. The monoisotopic (exact) mass is 393 g/mol. The second kappa shape index (κ2) is 15.3. The summed E-state index contributed by atoms with van der Waals surface area (Å²) in [5.41, 5.74) is 0. The minimum atomic E-state index is -4.65. The van der Waals surface area contributed by atoms with E-state index in [9.17, 15) is 14.5 Å². The average Bonchev–Trinajstić information content (AvgIpc) is 2.55. The van der Waals surface area contributed by atoms with Crippen molar-refractivity contribution >= 4 is 13.7 Å². The van der Waals surface area contributed by atoms with Gasteiger partial charge in [-0.05, 0) is 12.8 Å². The summed E-state index contributed by atoms with van der Waals surface area (Å²) in [5.74, 6) is -0.407. The van der Waals surface area contributed by atoms with E-state index in [1.54, 1.807) is 0 Å². The highest BCUT2D eigenvalue weighted by Crippen LogP contribution is 2.35. The van der Waals surface area contributed by atoms with Crippen LogP contribution in [0.2, 0.25) is 0 Å². The molecule has 0 aromatic heterocycles. The van der Waals surface area contributed by atoms with Gasteiger partial charge in [-0.15, -0.1) is 0 Å². The molecule has 0 saturated carbocycles. The van der Waals surface area contributed by atoms with Crippen LogP contribution in [0.3, 0.4) is 0 Å². The Morgan fingerprint density at radius 3 is 2.12 bits per heavy atom. The minimum absolute atomic E-state index is 0.407. The third-order valence-corrected chi connectivity index (χ3v) is 4.52. The number of phosphoric acid groups is 1. The molecule has 0 unspecified atom stereocenters. The number of aliphatic hydroxyl groups is 1. The van der Waals surface area contributed by atoms with Gasteiger partial charge in [-0.3, -0.25) is 9.32 Å². The third-order valence-electron chi connectivity index (χ3n) is 4.03. The zero-order valence-corrected chi connectivity index (χ0v) is 17.0. The Morgan fingerprint density at radius 1 is 1.08 bits per heavy atom. The fourth-order valence-corrected chi connectivity index (χ4v) is 2.96. The normalized spacial score (nSPS) is 14.5. The van der Waals surface area contributed by atoms with Crippen LogP contribution < -0.4 is 5.32 Å². The molecule has 0 aliphatic rings. The van der Waals surface area contributed by atoms with Crippen molar-refractivity contribution < 1.29 is 28.8 Å². The molecular weight excluding hydrogens is 357 g/mol. The van der Waals surface area contributed by atoms with Crippen molar-refractivity contribution in [2.24, 2.45) is 0 Å². The second-order valence-corrected chi connectivity index (χ2v) is 7.87. The average molecular weight is 393 g/mol. The first-order chi connectivity index (χ1) is 12.3. The van der Waals surface area contributed by atoms with E-state index in [1.807, 2.05) is 6.08 Å².